The van der Waals surface area contributed by atoms with Gasteiger partial charge in [0.05, 0.1) is 13.2 Å². The number of ether oxygens (including phenoxy) is 1. The van der Waals surface area contributed by atoms with Crippen molar-refractivity contribution in [3.8, 4) is 0 Å². The van der Waals surface area contributed by atoms with Crippen LogP contribution in [0.5, 0.6) is 0 Å². The van der Waals surface area contributed by atoms with Gasteiger partial charge in [-0.2, -0.15) is 0 Å². The summed E-state index contributed by atoms with van der Waals surface area (Å²) in [6.07, 6.45) is 0. The van der Waals surface area contributed by atoms with Crippen LogP contribution < -0.4 is 5.32 Å². The van der Waals surface area contributed by atoms with Gasteiger partial charge in [-0.3, -0.25) is 4.79 Å². The highest BCUT2D eigenvalue weighted by Gasteiger charge is 2.05. The van der Waals surface area contributed by atoms with Crippen LogP contribution in [0.1, 0.15) is 29.2 Å². The summed E-state index contributed by atoms with van der Waals surface area (Å²) in [6, 6.07) is 4.22. The summed E-state index contributed by atoms with van der Waals surface area (Å²) in [5.74, 6) is -0.200. The molecule has 3 nitrogen and oxygen atoms in total. The van der Waals surface area contributed by atoms with Crippen LogP contribution in [-0.4, -0.2) is 19.1 Å². The molecule has 0 aliphatic heterocycles. The Morgan fingerprint density at radius 2 is 1.94 bits per heavy atom. The molecule has 0 aliphatic carbocycles. The lowest BCUT2D eigenvalue weighted by Gasteiger charge is -2.11. The maximum absolute atomic E-state index is 11.2. The summed E-state index contributed by atoms with van der Waals surface area (Å²) in [5, 5.41) is 3.10. The molecule has 1 aromatic rings. The molecule has 0 spiro atoms. The van der Waals surface area contributed by atoms with Crippen LogP contribution in [0.25, 0.3) is 0 Å². The van der Waals surface area contributed by atoms with Gasteiger partial charge in [0.1, 0.15) is 0 Å². The minimum atomic E-state index is -0.200. The van der Waals surface area contributed by atoms with Crippen molar-refractivity contribution in [3.63, 3.8) is 0 Å². The first-order chi connectivity index (χ1) is 8.06. The second kappa shape index (κ2) is 6.40. The molecule has 1 N–H and O–H groups in total. The normalized spacial score (nSPS) is 10.4. The molecule has 0 saturated heterocycles. The lowest BCUT2D eigenvalue weighted by Crippen LogP contribution is -2.24. The van der Waals surface area contributed by atoms with Gasteiger partial charge in [0.15, 0.2) is 0 Å². The summed E-state index contributed by atoms with van der Waals surface area (Å²) in [7, 11) is 0. The van der Waals surface area contributed by atoms with E-state index in [1.807, 2.05) is 6.92 Å². The van der Waals surface area contributed by atoms with Gasteiger partial charge in [0, 0.05) is 6.54 Å². The minimum absolute atomic E-state index is 0.200. The molecule has 94 valence electrons. The molecule has 0 aliphatic rings. The highest BCUT2D eigenvalue weighted by molar-refractivity contribution is 5.71. The first kappa shape index (κ1) is 13.7. The molecule has 17 heavy (non-hydrogen) atoms. The number of carbonyl (C=O) groups is 1. The third kappa shape index (κ3) is 3.86. The fourth-order valence-electron chi connectivity index (χ4n) is 1.71. The van der Waals surface area contributed by atoms with Crippen molar-refractivity contribution in [2.75, 3.05) is 13.2 Å². The molecule has 0 heterocycles. The quantitative estimate of drug-likeness (QED) is 0.796. The predicted molar refractivity (Wildman–Crippen MR) is 69.0 cm³/mol. The van der Waals surface area contributed by atoms with Gasteiger partial charge in [0.25, 0.3) is 0 Å². The zero-order valence-corrected chi connectivity index (χ0v) is 11.1. The Kier molecular flexibility index (Phi) is 5.16. The highest BCUT2D eigenvalue weighted by Crippen LogP contribution is 2.16. The number of rotatable bonds is 5. The van der Waals surface area contributed by atoms with Gasteiger partial charge in [-0.15, -0.1) is 0 Å². The molecular formula is C14H21NO2. The van der Waals surface area contributed by atoms with Crippen molar-refractivity contribution in [3.05, 3.63) is 34.4 Å². The van der Waals surface area contributed by atoms with Crippen molar-refractivity contribution in [2.45, 2.75) is 34.2 Å². The van der Waals surface area contributed by atoms with Crippen molar-refractivity contribution in [1.29, 1.82) is 0 Å². The predicted octanol–water partition coefficient (Wildman–Crippen LogP) is 2.26. The fourth-order valence-corrected chi connectivity index (χ4v) is 1.71. The monoisotopic (exact) mass is 235 g/mol. The number of aryl methyl sites for hydroxylation is 1. The molecule has 0 unspecified atom stereocenters. The van der Waals surface area contributed by atoms with E-state index in [4.69, 9.17) is 4.74 Å². The van der Waals surface area contributed by atoms with Gasteiger partial charge in [-0.1, -0.05) is 12.1 Å². The number of nitrogens with one attached hydrogen (secondary N) is 1. The third-order valence-corrected chi connectivity index (χ3v) is 3.06. The highest BCUT2D eigenvalue weighted by atomic mass is 16.5. The molecule has 0 bridgehead atoms. The number of hydrogen-bond acceptors (Lipinski definition) is 3. The SMILES string of the molecule is CCOC(=O)CNCc1ccc(C)c(C)c1C. The average Bonchev–Trinajstić information content (AvgIpc) is 2.29. The topological polar surface area (TPSA) is 38.3 Å². The molecule has 0 atom stereocenters. The van der Waals surface area contributed by atoms with E-state index in [-0.39, 0.29) is 12.5 Å². The van der Waals surface area contributed by atoms with E-state index in [1.54, 1.807) is 0 Å². The Labute approximate surface area is 103 Å². The summed E-state index contributed by atoms with van der Waals surface area (Å²) < 4.78 is 4.85. The summed E-state index contributed by atoms with van der Waals surface area (Å²) in [5.41, 5.74) is 5.15. The van der Waals surface area contributed by atoms with Crippen molar-refractivity contribution < 1.29 is 9.53 Å². The van der Waals surface area contributed by atoms with E-state index in [9.17, 15) is 4.79 Å². The molecule has 3 heteroatoms. The van der Waals surface area contributed by atoms with E-state index in [0.29, 0.717) is 13.2 Å². The Bertz CT molecular complexity index is 399. The van der Waals surface area contributed by atoms with Crippen LogP contribution in [0, 0.1) is 20.8 Å². The zero-order valence-electron chi connectivity index (χ0n) is 11.1. The molecule has 0 amide bonds. The number of esters is 1. The van der Waals surface area contributed by atoms with E-state index in [0.717, 1.165) is 0 Å². The van der Waals surface area contributed by atoms with Crippen LogP contribution in [0.4, 0.5) is 0 Å². The van der Waals surface area contributed by atoms with Gasteiger partial charge >= 0.3 is 5.97 Å². The smallest absolute Gasteiger partial charge is 0.319 e. The minimum Gasteiger partial charge on any atom is -0.465 e. The maximum atomic E-state index is 11.2. The first-order valence-corrected chi connectivity index (χ1v) is 5.98. The first-order valence-electron chi connectivity index (χ1n) is 5.98. The molecular weight excluding hydrogens is 214 g/mol. The number of hydrogen-bond donors (Lipinski definition) is 1. The van der Waals surface area contributed by atoms with Crippen LogP contribution >= 0.6 is 0 Å². The van der Waals surface area contributed by atoms with Crippen LogP contribution in [0.2, 0.25) is 0 Å². The van der Waals surface area contributed by atoms with Crippen molar-refractivity contribution in [2.24, 2.45) is 0 Å². The molecule has 1 rings (SSSR count). The summed E-state index contributed by atoms with van der Waals surface area (Å²) in [4.78, 5) is 11.2. The molecule has 0 radical (unpaired) electrons. The van der Waals surface area contributed by atoms with Crippen molar-refractivity contribution >= 4 is 5.97 Å². The average molecular weight is 235 g/mol. The maximum Gasteiger partial charge on any atom is 0.319 e. The van der Waals surface area contributed by atoms with E-state index in [1.165, 1.54) is 22.3 Å². The molecule has 0 saturated carbocycles. The molecule has 0 fully saturated rings. The number of benzene rings is 1. The Morgan fingerprint density at radius 3 is 2.59 bits per heavy atom. The molecule has 0 aromatic heterocycles. The lowest BCUT2D eigenvalue weighted by atomic mass is 9.99. The van der Waals surface area contributed by atoms with Crippen LogP contribution in [-0.2, 0) is 16.1 Å². The Morgan fingerprint density at radius 1 is 1.24 bits per heavy atom. The van der Waals surface area contributed by atoms with Crippen LogP contribution in [0.15, 0.2) is 12.1 Å². The van der Waals surface area contributed by atoms with E-state index in [2.05, 4.69) is 38.2 Å². The standard InChI is InChI=1S/C14H21NO2/c1-5-17-14(16)9-15-8-13-7-6-10(2)11(3)12(13)4/h6-7,15H,5,8-9H2,1-4H3. The second-order valence-electron chi connectivity index (χ2n) is 4.20. The summed E-state index contributed by atoms with van der Waals surface area (Å²) in [6.45, 7) is 9.56. The number of carbonyl (C=O) groups excluding carboxylic acids is 1. The molecule has 1 aromatic carbocycles. The Balaban J connectivity index is 2.53. The Hall–Kier alpha value is -1.35. The third-order valence-electron chi connectivity index (χ3n) is 3.06. The van der Waals surface area contributed by atoms with Gasteiger partial charge in [-0.05, 0) is 49.9 Å². The zero-order chi connectivity index (χ0) is 12.8. The van der Waals surface area contributed by atoms with Gasteiger partial charge in [-0.25, -0.2) is 0 Å². The fraction of sp³-hybridized carbons (Fsp3) is 0.500. The van der Waals surface area contributed by atoms with E-state index < -0.39 is 0 Å². The largest absolute Gasteiger partial charge is 0.465 e. The van der Waals surface area contributed by atoms with Gasteiger partial charge < -0.3 is 10.1 Å². The van der Waals surface area contributed by atoms with Gasteiger partial charge in [0.2, 0.25) is 0 Å². The van der Waals surface area contributed by atoms with E-state index >= 15 is 0 Å². The van der Waals surface area contributed by atoms with Crippen LogP contribution in [0.3, 0.4) is 0 Å². The summed E-state index contributed by atoms with van der Waals surface area (Å²) >= 11 is 0. The van der Waals surface area contributed by atoms with Crippen molar-refractivity contribution in [1.82, 2.24) is 5.32 Å². The lowest BCUT2D eigenvalue weighted by molar-refractivity contribution is -0.142. The second-order valence-corrected chi connectivity index (χ2v) is 4.20.